The van der Waals surface area contributed by atoms with Crippen molar-refractivity contribution in [3.8, 4) is 5.75 Å². The van der Waals surface area contributed by atoms with Gasteiger partial charge in [-0.05, 0) is 42.8 Å². The molecule has 0 bridgehead atoms. The van der Waals surface area contributed by atoms with Crippen molar-refractivity contribution >= 4 is 23.6 Å². The number of carbonyl (C=O) groups is 2. The Hall–Kier alpha value is -3.28. The number of anilines is 1. The Labute approximate surface area is 171 Å². The lowest BCUT2D eigenvalue weighted by atomic mass is 10.1. The van der Waals surface area contributed by atoms with Crippen LogP contribution in [0.4, 0.5) is 5.69 Å². The van der Waals surface area contributed by atoms with Gasteiger partial charge in [0.15, 0.2) is 6.61 Å². The number of piperazine rings is 1. The number of rotatable bonds is 6. The number of hydrogen-bond acceptors (Lipinski definition) is 5. The van der Waals surface area contributed by atoms with E-state index in [2.05, 4.69) is 4.90 Å². The normalized spacial score (nSPS) is 14.1. The molecule has 1 aliphatic heterocycles. The average Bonchev–Trinajstić information content (AvgIpc) is 2.76. The second kappa shape index (κ2) is 9.78. The number of ether oxygens (including phenoxy) is 2. The number of nitrogens with zero attached hydrogens (tertiary/aromatic N) is 2. The number of methoxy groups -OCH3 is 1. The third kappa shape index (κ3) is 5.85. The summed E-state index contributed by atoms with van der Waals surface area (Å²) >= 11 is 0. The molecule has 0 radical (unpaired) electrons. The molecule has 1 saturated heterocycles. The zero-order valence-electron chi connectivity index (χ0n) is 16.8. The van der Waals surface area contributed by atoms with Gasteiger partial charge in [-0.15, -0.1) is 0 Å². The minimum absolute atomic E-state index is 0.170. The molecule has 6 heteroatoms. The molecule has 0 N–H and O–H groups in total. The molecule has 0 aromatic heterocycles. The molecule has 0 spiro atoms. The number of carbonyl (C=O) groups excluding carboxylic acids is 2. The zero-order valence-corrected chi connectivity index (χ0v) is 16.8. The fourth-order valence-corrected chi connectivity index (χ4v) is 3.22. The van der Waals surface area contributed by atoms with E-state index in [0.717, 1.165) is 35.7 Å². The first kappa shape index (κ1) is 20.5. The lowest BCUT2D eigenvalue weighted by Crippen LogP contribution is -2.49. The maximum atomic E-state index is 12.3. The fourth-order valence-electron chi connectivity index (χ4n) is 3.22. The minimum atomic E-state index is -0.517. The van der Waals surface area contributed by atoms with Crippen LogP contribution in [0.25, 0.3) is 6.08 Å². The summed E-state index contributed by atoms with van der Waals surface area (Å²) in [5.74, 6) is 0.134. The number of aryl methyl sites for hydroxylation is 1. The van der Waals surface area contributed by atoms with Gasteiger partial charge in [-0.3, -0.25) is 4.79 Å². The van der Waals surface area contributed by atoms with Crippen molar-refractivity contribution in [2.75, 3.05) is 44.8 Å². The van der Waals surface area contributed by atoms with Gasteiger partial charge in [-0.25, -0.2) is 4.79 Å². The fraction of sp³-hybridized carbons (Fsp3) is 0.304. The maximum Gasteiger partial charge on any atom is 0.331 e. The van der Waals surface area contributed by atoms with Gasteiger partial charge in [-0.1, -0.05) is 29.8 Å². The van der Waals surface area contributed by atoms with Crippen molar-refractivity contribution in [2.24, 2.45) is 0 Å². The Bertz CT molecular complexity index is 869. The van der Waals surface area contributed by atoms with Crippen LogP contribution in [0.3, 0.4) is 0 Å². The summed E-state index contributed by atoms with van der Waals surface area (Å²) in [5.41, 5.74) is 3.14. The summed E-state index contributed by atoms with van der Waals surface area (Å²) in [6, 6.07) is 15.7. The van der Waals surface area contributed by atoms with Gasteiger partial charge in [-0.2, -0.15) is 0 Å². The molecule has 1 heterocycles. The van der Waals surface area contributed by atoms with Gasteiger partial charge in [0.2, 0.25) is 0 Å². The van der Waals surface area contributed by atoms with Crippen molar-refractivity contribution in [3.05, 3.63) is 65.7 Å². The van der Waals surface area contributed by atoms with E-state index in [1.54, 1.807) is 18.1 Å². The molecule has 0 saturated carbocycles. The topological polar surface area (TPSA) is 59.1 Å². The number of esters is 1. The summed E-state index contributed by atoms with van der Waals surface area (Å²) in [7, 11) is 1.64. The van der Waals surface area contributed by atoms with Gasteiger partial charge in [0, 0.05) is 37.9 Å². The van der Waals surface area contributed by atoms with Gasteiger partial charge >= 0.3 is 5.97 Å². The van der Waals surface area contributed by atoms with Crippen LogP contribution in [0.15, 0.2) is 54.6 Å². The first-order chi connectivity index (χ1) is 14.0. The van der Waals surface area contributed by atoms with Crippen LogP contribution in [0.2, 0.25) is 0 Å². The van der Waals surface area contributed by atoms with Crippen LogP contribution < -0.4 is 9.64 Å². The highest BCUT2D eigenvalue weighted by atomic mass is 16.5. The van der Waals surface area contributed by atoms with Crippen molar-refractivity contribution < 1.29 is 19.1 Å². The number of amides is 1. The second-order valence-electron chi connectivity index (χ2n) is 6.92. The molecule has 152 valence electrons. The lowest BCUT2D eigenvalue weighted by Gasteiger charge is -2.36. The largest absolute Gasteiger partial charge is 0.497 e. The predicted octanol–water partition coefficient (Wildman–Crippen LogP) is 2.91. The second-order valence-corrected chi connectivity index (χ2v) is 6.92. The van der Waals surface area contributed by atoms with Crippen LogP contribution in [-0.4, -0.2) is 56.7 Å². The van der Waals surface area contributed by atoms with Crippen LogP contribution in [-0.2, 0) is 14.3 Å². The number of hydrogen-bond donors (Lipinski definition) is 0. The first-order valence-electron chi connectivity index (χ1n) is 9.63. The zero-order chi connectivity index (χ0) is 20.6. The molecule has 29 heavy (non-hydrogen) atoms. The summed E-state index contributed by atoms with van der Waals surface area (Å²) in [5, 5.41) is 0. The summed E-state index contributed by atoms with van der Waals surface area (Å²) in [4.78, 5) is 28.2. The lowest BCUT2D eigenvalue weighted by molar-refractivity contribution is -0.148. The SMILES string of the molecule is COc1ccc(N2CCN(C(=O)COC(=O)/C=C/c3cccc(C)c3)CC2)cc1. The molecule has 1 fully saturated rings. The summed E-state index contributed by atoms with van der Waals surface area (Å²) in [6.07, 6.45) is 3.04. The van der Waals surface area contributed by atoms with Crippen molar-refractivity contribution in [3.63, 3.8) is 0 Å². The van der Waals surface area contributed by atoms with Gasteiger partial charge in [0.05, 0.1) is 7.11 Å². The molecular formula is C23H26N2O4. The van der Waals surface area contributed by atoms with Crippen molar-refractivity contribution in [1.82, 2.24) is 4.90 Å². The maximum absolute atomic E-state index is 12.3. The Morgan fingerprint density at radius 1 is 1.03 bits per heavy atom. The first-order valence-corrected chi connectivity index (χ1v) is 9.63. The Morgan fingerprint density at radius 2 is 1.76 bits per heavy atom. The quantitative estimate of drug-likeness (QED) is 0.557. The molecule has 3 rings (SSSR count). The van der Waals surface area contributed by atoms with E-state index in [0.29, 0.717) is 13.1 Å². The molecule has 2 aromatic rings. The van der Waals surface area contributed by atoms with Gasteiger partial charge in [0.1, 0.15) is 5.75 Å². The van der Waals surface area contributed by atoms with Crippen molar-refractivity contribution in [1.29, 1.82) is 0 Å². The standard InChI is InChI=1S/C23H26N2O4/c1-18-4-3-5-19(16-18)6-11-23(27)29-17-22(26)25-14-12-24(13-15-25)20-7-9-21(28-2)10-8-20/h3-11,16H,12-15,17H2,1-2H3/b11-6+. The van der Waals surface area contributed by atoms with Gasteiger partial charge < -0.3 is 19.3 Å². The predicted molar refractivity (Wildman–Crippen MR) is 113 cm³/mol. The summed E-state index contributed by atoms with van der Waals surface area (Å²) < 4.78 is 10.3. The van der Waals surface area contributed by atoms with Crippen LogP contribution >= 0.6 is 0 Å². The molecule has 0 atom stereocenters. The monoisotopic (exact) mass is 394 g/mol. The molecule has 0 aliphatic carbocycles. The van der Waals surface area contributed by atoms with E-state index in [1.165, 1.54) is 6.08 Å². The summed E-state index contributed by atoms with van der Waals surface area (Å²) in [6.45, 7) is 4.42. The van der Waals surface area contributed by atoms with E-state index in [9.17, 15) is 9.59 Å². The number of benzene rings is 2. The Balaban J connectivity index is 1.42. The highest BCUT2D eigenvalue weighted by Gasteiger charge is 2.22. The van der Waals surface area contributed by atoms with E-state index in [-0.39, 0.29) is 12.5 Å². The van der Waals surface area contributed by atoms with E-state index < -0.39 is 5.97 Å². The molecule has 1 aliphatic rings. The highest BCUT2D eigenvalue weighted by Crippen LogP contribution is 2.20. The van der Waals surface area contributed by atoms with E-state index in [1.807, 2.05) is 55.5 Å². The third-order valence-electron chi connectivity index (χ3n) is 4.86. The van der Waals surface area contributed by atoms with E-state index >= 15 is 0 Å². The van der Waals surface area contributed by atoms with Gasteiger partial charge in [0.25, 0.3) is 5.91 Å². The molecule has 6 nitrogen and oxygen atoms in total. The van der Waals surface area contributed by atoms with Crippen LogP contribution in [0.5, 0.6) is 5.75 Å². The third-order valence-corrected chi connectivity index (χ3v) is 4.86. The van der Waals surface area contributed by atoms with Crippen LogP contribution in [0, 0.1) is 6.92 Å². The van der Waals surface area contributed by atoms with Crippen LogP contribution in [0.1, 0.15) is 11.1 Å². The molecule has 2 aromatic carbocycles. The molecule has 0 unspecified atom stereocenters. The van der Waals surface area contributed by atoms with E-state index in [4.69, 9.17) is 9.47 Å². The van der Waals surface area contributed by atoms with Crippen molar-refractivity contribution in [2.45, 2.75) is 6.92 Å². The smallest absolute Gasteiger partial charge is 0.331 e. The minimum Gasteiger partial charge on any atom is -0.497 e. The molecular weight excluding hydrogens is 368 g/mol. The Kier molecular flexibility index (Phi) is 6.89. The molecule has 1 amide bonds. The highest BCUT2D eigenvalue weighted by molar-refractivity contribution is 5.89. The Morgan fingerprint density at radius 3 is 2.41 bits per heavy atom. The average molecular weight is 394 g/mol.